The maximum atomic E-state index is 2.98. The van der Waals surface area contributed by atoms with Gasteiger partial charge in [0.15, 0.2) is 0 Å². The Morgan fingerprint density at radius 1 is 1.60 bits per heavy atom. The molecule has 0 saturated carbocycles. The van der Waals surface area contributed by atoms with Gasteiger partial charge in [-0.3, -0.25) is 0 Å². The quantitative estimate of drug-likeness (QED) is 0.520. The van der Waals surface area contributed by atoms with Crippen LogP contribution in [-0.2, 0) is 0 Å². The normalized spacial score (nSPS) is 5.20. The number of hydrogen-bond acceptors (Lipinski definition) is 0. The molecule has 0 aliphatic carbocycles. The lowest BCUT2D eigenvalue weighted by Crippen LogP contribution is -1.37. The summed E-state index contributed by atoms with van der Waals surface area (Å²) in [6, 6.07) is 0. The van der Waals surface area contributed by atoms with E-state index in [0.29, 0.717) is 0 Å². The van der Waals surface area contributed by atoms with E-state index in [-0.39, 0.29) is 0 Å². The van der Waals surface area contributed by atoms with Crippen molar-refractivity contribution in [3.8, 4) is 10.8 Å². The maximum absolute atomic E-state index is 2.98. The Hall–Kier alpha value is 0.520. The second-order valence-corrected chi connectivity index (χ2v) is 1.20. The van der Waals surface area contributed by atoms with Gasteiger partial charge >= 0.3 is 0 Å². The van der Waals surface area contributed by atoms with Crippen LogP contribution < -0.4 is 0 Å². The van der Waals surface area contributed by atoms with Crippen LogP contribution in [0.4, 0.5) is 0 Å². The van der Waals surface area contributed by atoms with Crippen LogP contribution in [0, 0.1) is 16.1 Å². The molecule has 0 unspecified atom stereocenters. The first-order valence-electron chi connectivity index (χ1n) is 0.946. The standard InChI is InChI=1S/C3HBr2/c4-2-1-3-5/h2H. The summed E-state index contributed by atoms with van der Waals surface area (Å²) in [4.78, 5) is 2.48. The van der Waals surface area contributed by atoms with E-state index in [2.05, 4.69) is 42.6 Å². The van der Waals surface area contributed by atoms with Crippen molar-refractivity contribution in [1.29, 1.82) is 0 Å². The van der Waals surface area contributed by atoms with Crippen LogP contribution in [0.5, 0.6) is 0 Å². The lowest BCUT2D eigenvalue weighted by atomic mass is 10.8. The number of rotatable bonds is 0. The minimum Gasteiger partial charge on any atom is -0.0735 e. The van der Waals surface area contributed by atoms with Gasteiger partial charge in [-0.2, -0.15) is 0 Å². The third-order valence-electron chi connectivity index (χ3n) is 0.109. The molecule has 0 saturated heterocycles. The van der Waals surface area contributed by atoms with Crippen LogP contribution >= 0.6 is 31.9 Å². The van der Waals surface area contributed by atoms with Gasteiger partial charge < -0.3 is 0 Å². The zero-order chi connectivity index (χ0) is 4.12. The van der Waals surface area contributed by atoms with Gasteiger partial charge in [0.1, 0.15) is 0 Å². The Labute approximate surface area is 48.2 Å². The largest absolute Gasteiger partial charge is 0.0998 e. The van der Waals surface area contributed by atoms with Crippen LogP contribution in [-0.4, -0.2) is 0 Å². The Bertz CT molecular complexity index is 57.0. The predicted octanol–water partition coefficient (Wildman–Crippen LogP) is 1.90. The van der Waals surface area contributed by atoms with Gasteiger partial charge in [-0.1, -0.05) is 21.9 Å². The van der Waals surface area contributed by atoms with E-state index in [1.165, 1.54) is 0 Å². The average molecular weight is 197 g/mol. The highest BCUT2D eigenvalue weighted by Gasteiger charge is 1.53. The van der Waals surface area contributed by atoms with Gasteiger partial charge in [0.25, 0.3) is 0 Å². The van der Waals surface area contributed by atoms with Crippen LogP contribution in [0.1, 0.15) is 0 Å². The minimum absolute atomic E-state index is 1.59. The summed E-state index contributed by atoms with van der Waals surface area (Å²) < 4.78 is 0. The van der Waals surface area contributed by atoms with E-state index in [9.17, 15) is 0 Å². The van der Waals surface area contributed by atoms with Gasteiger partial charge in [0.05, 0.1) is 5.33 Å². The van der Waals surface area contributed by atoms with E-state index < -0.39 is 0 Å². The zero-order valence-electron chi connectivity index (χ0n) is 2.33. The van der Waals surface area contributed by atoms with Crippen molar-refractivity contribution < 1.29 is 0 Å². The molecule has 0 aromatic rings. The summed E-state index contributed by atoms with van der Waals surface area (Å²) in [5.74, 6) is 2.57. The third kappa shape index (κ3) is 4.52. The lowest BCUT2D eigenvalue weighted by molar-refractivity contribution is 2.33. The van der Waals surface area contributed by atoms with Gasteiger partial charge in [0.2, 0.25) is 0 Å². The molecule has 0 fully saturated rings. The first kappa shape index (κ1) is 5.52. The molecule has 0 heterocycles. The minimum atomic E-state index is 1.59. The fourth-order valence-corrected chi connectivity index (χ4v) is 0.557. The predicted molar refractivity (Wildman–Crippen MR) is 29.9 cm³/mol. The summed E-state index contributed by atoms with van der Waals surface area (Å²) in [7, 11) is 0. The Morgan fingerprint density at radius 3 is 2.20 bits per heavy atom. The molecule has 0 aromatic carbocycles. The van der Waals surface area contributed by atoms with Gasteiger partial charge in [-0.15, -0.1) is 0 Å². The molecule has 0 bridgehead atoms. The molecular formula is C3HBr2. The molecule has 0 aromatic heterocycles. The first-order valence-corrected chi connectivity index (χ1v) is 2.65. The highest BCUT2D eigenvalue weighted by atomic mass is 79.9. The molecule has 0 amide bonds. The van der Waals surface area contributed by atoms with Crippen molar-refractivity contribution in [3.05, 3.63) is 5.33 Å². The van der Waals surface area contributed by atoms with E-state index >= 15 is 0 Å². The van der Waals surface area contributed by atoms with Crippen LogP contribution in [0.15, 0.2) is 0 Å². The fraction of sp³-hybridized carbons (Fsp3) is 0. The van der Waals surface area contributed by atoms with Crippen molar-refractivity contribution in [3.63, 3.8) is 0 Å². The summed E-state index contributed by atoms with van der Waals surface area (Å²) >= 11 is 5.87. The molecule has 0 aliphatic heterocycles. The van der Waals surface area contributed by atoms with Gasteiger partial charge in [-0.05, 0) is 4.83 Å². The summed E-state index contributed by atoms with van der Waals surface area (Å²) in [5.41, 5.74) is 0. The van der Waals surface area contributed by atoms with Crippen molar-refractivity contribution in [2.24, 2.45) is 0 Å². The van der Waals surface area contributed by atoms with Crippen molar-refractivity contribution in [1.82, 2.24) is 0 Å². The maximum Gasteiger partial charge on any atom is 0.0998 e. The second kappa shape index (κ2) is 4.52. The molecule has 0 spiro atoms. The molecule has 2 heteroatoms. The van der Waals surface area contributed by atoms with Crippen molar-refractivity contribution >= 4 is 31.9 Å². The molecule has 27 valence electrons. The summed E-state index contributed by atoms with van der Waals surface area (Å²) in [5, 5.41) is 1.59. The second-order valence-electron chi connectivity index (χ2n) is 0.348. The fourth-order valence-electron chi connectivity index (χ4n) is 0.0206. The molecule has 0 aliphatic rings. The molecule has 0 N–H and O–H groups in total. The summed E-state index contributed by atoms with van der Waals surface area (Å²) in [6.07, 6.45) is 0. The van der Waals surface area contributed by atoms with E-state index in [1.807, 2.05) is 0 Å². The van der Waals surface area contributed by atoms with E-state index in [1.54, 1.807) is 5.33 Å². The average Bonchev–Trinajstić information content (AvgIpc) is 1.41. The molecular weight excluding hydrogens is 196 g/mol. The number of hydrogen-bond donors (Lipinski definition) is 0. The molecule has 0 nitrogen and oxygen atoms in total. The van der Waals surface area contributed by atoms with Crippen LogP contribution in [0.25, 0.3) is 0 Å². The zero-order valence-corrected chi connectivity index (χ0v) is 5.51. The van der Waals surface area contributed by atoms with Gasteiger partial charge in [-0.25, -0.2) is 0 Å². The Kier molecular flexibility index (Phi) is 4.99. The van der Waals surface area contributed by atoms with Crippen molar-refractivity contribution in [2.45, 2.75) is 0 Å². The highest BCUT2D eigenvalue weighted by molar-refractivity contribution is 9.12. The van der Waals surface area contributed by atoms with Crippen LogP contribution in [0.3, 0.4) is 0 Å². The van der Waals surface area contributed by atoms with Gasteiger partial charge in [0, 0.05) is 15.9 Å². The smallest absolute Gasteiger partial charge is 0.0735 e. The topological polar surface area (TPSA) is 0 Å². The molecule has 1 radical (unpaired) electrons. The SMILES string of the molecule is BrC#C[CH]Br. The third-order valence-corrected chi connectivity index (χ3v) is 0.567. The molecule has 5 heavy (non-hydrogen) atoms. The monoisotopic (exact) mass is 195 g/mol. The van der Waals surface area contributed by atoms with E-state index in [0.717, 1.165) is 0 Å². The lowest BCUT2D eigenvalue weighted by Gasteiger charge is -1.53. The van der Waals surface area contributed by atoms with Crippen molar-refractivity contribution in [2.75, 3.05) is 0 Å². The molecule has 0 atom stereocenters. The summed E-state index contributed by atoms with van der Waals surface area (Å²) in [6.45, 7) is 0. The highest BCUT2D eigenvalue weighted by Crippen LogP contribution is 1.82. The number of halogens is 2. The Balaban J connectivity index is 2.81. The first-order chi connectivity index (χ1) is 2.41. The molecule has 0 rings (SSSR count). The van der Waals surface area contributed by atoms with E-state index in [4.69, 9.17) is 0 Å². The Morgan fingerprint density at radius 2 is 2.20 bits per heavy atom. The van der Waals surface area contributed by atoms with Crippen LogP contribution in [0.2, 0.25) is 0 Å².